The van der Waals surface area contributed by atoms with E-state index >= 15 is 0 Å². The van der Waals surface area contributed by atoms with Gasteiger partial charge in [-0.3, -0.25) is 10.0 Å². The van der Waals surface area contributed by atoms with Gasteiger partial charge in [0, 0.05) is 17.5 Å². The zero-order valence-electron chi connectivity index (χ0n) is 16.2. The topological polar surface area (TPSA) is 96.4 Å². The van der Waals surface area contributed by atoms with Gasteiger partial charge in [-0.15, -0.1) is 0 Å². The van der Waals surface area contributed by atoms with Gasteiger partial charge in [-0.1, -0.05) is 24.4 Å². The average molecular weight is 433 g/mol. The molecule has 1 amide bonds. The van der Waals surface area contributed by atoms with Crippen molar-refractivity contribution in [2.45, 2.75) is 32.1 Å². The maximum atomic E-state index is 13.4. The Morgan fingerprint density at radius 1 is 1.10 bits per heavy atom. The van der Waals surface area contributed by atoms with Gasteiger partial charge in [-0.05, 0) is 49.2 Å². The summed E-state index contributed by atoms with van der Waals surface area (Å²) in [6.45, 7) is 0.543. The third-order valence-electron chi connectivity index (χ3n) is 4.48. The van der Waals surface area contributed by atoms with Crippen molar-refractivity contribution in [2.75, 3.05) is 11.9 Å². The summed E-state index contributed by atoms with van der Waals surface area (Å²) in [4.78, 5) is 19.5. The molecule has 3 rings (SSSR count). The van der Waals surface area contributed by atoms with Crippen LogP contribution in [0.15, 0.2) is 42.7 Å². The summed E-state index contributed by atoms with van der Waals surface area (Å²) in [7, 11) is 0. The SMILES string of the molecule is O=C(CCCCCCOc1ccc2ncnc(Nc3ccc(F)c(Cl)c3)c2c1)NO. The molecule has 0 saturated heterocycles. The minimum Gasteiger partial charge on any atom is -0.494 e. The number of carbonyl (C=O) groups is 1. The lowest BCUT2D eigenvalue weighted by atomic mass is 10.1. The van der Waals surface area contributed by atoms with Crippen LogP contribution in [0.5, 0.6) is 5.75 Å². The molecule has 3 aromatic rings. The summed E-state index contributed by atoms with van der Waals surface area (Å²) in [5.74, 6) is 0.409. The van der Waals surface area contributed by atoms with E-state index in [1.54, 1.807) is 11.5 Å². The summed E-state index contributed by atoms with van der Waals surface area (Å²) in [6, 6.07) is 9.92. The molecule has 0 saturated carbocycles. The van der Waals surface area contributed by atoms with E-state index in [2.05, 4.69) is 15.3 Å². The van der Waals surface area contributed by atoms with Gasteiger partial charge < -0.3 is 10.1 Å². The van der Waals surface area contributed by atoms with Crippen LogP contribution < -0.4 is 15.5 Å². The smallest absolute Gasteiger partial charge is 0.243 e. The fourth-order valence-electron chi connectivity index (χ4n) is 2.92. The highest BCUT2D eigenvalue weighted by atomic mass is 35.5. The number of aromatic nitrogens is 2. The molecule has 0 fully saturated rings. The van der Waals surface area contributed by atoms with E-state index in [1.165, 1.54) is 18.5 Å². The monoisotopic (exact) mass is 432 g/mol. The summed E-state index contributed by atoms with van der Waals surface area (Å²) in [6.07, 6.45) is 5.15. The molecule has 2 aromatic carbocycles. The maximum absolute atomic E-state index is 13.4. The van der Waals surface area contributed by atoms with E-state index in [9.17, 15) is 9.18 Å². The van der Waals surface area contributed by atoms with E-state index in [0.29, 0.717) is 30.3 Å². The molecule has 0 aliphatic carbocycles. The summed E-state index contributed by atoms with van der Waals surface area (Å²) in [5, 5.41) is 12.4. The largest absolute Gasteiger partial charge is 0.494 e. The van der Waals surface area contributed by atoms with E-state index in [1.807, 2.05) is 18.2 Å². The Morgan fingerprint density at radius 2 is 1.93 bits per heavy atom. The van der Waals surface area contributed by atoms with Gasteiger partial charge in [0.25, 0.3) is 0 Å². The number of nitrogens with zero attached hydrogens (tertiary/aromatic N) is 2. The lowest BCUT2D eigenvalue weighted by Gasteiger charge is -2.11. The van der Waals surface area contributed by atoms with Crippen LogP contribution >= 0.6 is 11.6 Å². The Bertz CT molecular complexity index is 1020. The molecular weight excluding hydrogens is 411 g/mol. The molecule has 30 heavy (non-hydrogen) atoms. The van der Waals surface area contributed by atoms with E-state index < -0.39 is 5.82 Å². The van der Waals surface area contributed by atoms with Crippen molar-refractivity contribution in [3.63, 3.8) is 0 Å². The summed E-state index contributed by atoms with van der Waals surface area (Å²) < 4.78 is 19.2. The first kappa shape index (κ1) is 21.7. The summed E-state index contributed by atoms with van der Waals surface area (Å²) >= 11 is 5.85. The number of amides is 1. The molecule has 0 aliphatic rings. The third-order valence-corrected chi connectivity index (χ3v) is 4.77. The first-order chi connectivity index (χ1) is 14.6. The van der Waals surface area contributed by atoms with Gasteiger partial charge in [0.1, 0.15) is 23.7 Å². The predicted molar refractivity (Wildman–Crippen MR) is 113 cm³/mol. The third kappa shape index (κ3) is 6.01. The van der Waals surface area contributed by atoms with Crippen molar-refractivity contribution < 1.29 is 19.1 Å². The molecule has 9 heteroatoms. The quantitative estimate of drug-likeness (QED) is 0.237. The van der Waals surface area contributed by atoms with Crippen LogP contribution in [0.3, 0.4) is 0 Å². The van der Waals surface area contributed by atoms with Crippen LogP contribution in [-0.4, -0.2) is 27.7 Å². The minimum absolute atomic E-state index is 0.0272. The Morgan fingerprint density at radius 3 is 2.73 bits per heavy atom. The molecule has 0 spiro atoms. The number of ether oxygens (including phenoxy) is 1. The lowest BCUT2D eigenvalue weighted by molar-refractivity contribution is -0.129. The van der Waals surface area contributed by atoms with Crippen LogP contribution in [0.4, 0.5) is 15.9 Å². The first-order valence-corrected chi connectivity index (χ1v) is 9.97. The molecule has 0 radical (unpaired) electrons. The second-order valence-corrected chi connectivity index (χ2v) is 7.11. The second-order valence-electron chi connectivity index (χ2n) is 6.70. The van der Waals surface area contributed by atoms with E-state index in [-0.39, 0.29) is 10.9 Å². The number of rotatable bonds is 10. The van der Waals surface area contributed by atoms with Gasteiger partial charge in [0.15, 0.2) is 0 Å². The van der Waals surface area contributed by atoms with Gasteiger partial charge in [-0.2, -0.15) is 0 Å². The molecule has 1 heterocycles. The van der Waals surface area contributed by atoms with E-state index in [0.717, 1.165) is 36.6 Å². The van der Waals surface area contributed by atoms with Crippen LogP contribution in [0.1, 0.15) is 32.1 Å². The fraction of sp³-hybridized carbons (Fsp3) is 0.286. The van der Waals surface area contributed by atoms with Crippen molar-refractivity contribution >= 4 is 39.9 Å². The van der Waals surface area contributed by atoms with Crippen molar-refractivity contribution in [1.82, 2.24) is 15.4 Å². The minimum atomic E-state index is -0.484. The van der Waals surface area contributed by atoms with Gasteiger partial charge >= 0.3 is 0 Å². The second kappa shape index (κ2) is 10.7. The number of nitrogens with one attached hydrogen (secondary N) is 2. The number of fused-ring (bicyclic) bond motifs is 1. The Kier molecular flexibility index (Phi) is 7.75. The van der Waals surface area contributed by atoms with Crippen molar-refractivity contribution in [1.29, 1.82) is 0 Å². The number of unbranched alkanes of at least 4 members (excludes halogenated alkanes) is 3. The lowest BCUT2D eigenvalue weighted by Crippen LogP contribution is -2.17. The van der Waals surface area contributed by atoms with Gasteiger partial charge in [-0.25, -0.2) is 19.8 Å². The van der Waals surface area contributed by atoms with Crippen LogP contribution in [-0.2, 0) is 4.79 Å². The number of anilines is 2. The number of carbonyl (C=O) groups excluding carboxylic acids is 1. The Hall–Kier alpha value is -2.97. The highest BCUT2D eigenvalue weighted by Gasteiger charge is 2.08. The fourth-order valence-corrected chi connectivity index (χ4v) is 3.10. The van der Waals surface area contributed by atoms with Crippen LogP contribution in [0.2, 0.25) is 5.02 Å². The number of hydrogen-bond donors (Lipinski definition) is 3. The van der Waals surface area contributed by atoms with Crippen molar-refractivity contribution in [3.05, 3.63) is 53.6 Å². The predicted octanol–water partition coefficient (Wildman–Crippen LogP) is 5.00. The molecule has 0 unspecified atom stereocenters. The normalized spacial score (nSPS) is 10.8. The van der Waals surface area contributed by atoms with Crippen molar-refractivity contribution in [3.8, 4) is 5.75 Å². The molecule has 0 bridgehead atoms. The number of hydroxylamine groups is 1. The zero-order chi connectivity index (χ0) is 21.3. The highest BCUT2D eigenvalue weighted by Crippen LogP contribution is 2.28. The summed E-state index contributed by atoms with van der Waals surface area (Å²) in [5.41, 5.74) is 2.98. The number of hydrogen-bond acceptors (Lipinski definition) is 6. The number of benzene rings is 2. The van der Waals surface area contributed by atoms with Crippen LogP contribution in [0, 0.1) is 5.82 Å². The molecule has 0 aliphatic heterocycles. The zero-order valence-corrected chi connectivity index (χ0v) is 17.0. The molecule has 0 atom stereocenters. The van der Waals surface area contributed by atoms with Gasteiger partial charge in [0.2, 0.25) is 5.91 Å². The number of halogens is 2. The Labute approximate surface area is 178 Å². The van der Waals surface area contributed by atoms with Crippen LogP contribution in [0.25, 0.3) is 10.9 Å². The molecule has 3 N–H and O–H groups in total. The first-order valence-electron chi connectivity index (χ1n) is 9.59. The average Bonchev–Trinajstić information content (AvgIpc) is 2.75. The highest BCUT2D eigenvalue weighted by molar-refractivity contribution is 6.31. The molecule has 158 valence electrons. The maximum Gasteiger partial charge on any atom is 0.243 e. The van der Waals surface area contributed by atoms with E-state index in [4.69, 9.17) is 21.5 Å². The standard InChI is InChI=1S/C21H22ClFN4O3/c22-17-11-14(6-8-18(17)23)26-21-16-12-15(7-9-19(16)24-13-25-21)30-10-4-2-1-3-5-20(28)27-29/h6-9,11-13,29H,1-5,10H2,(H,27,28)(H,24,25,26). The Balaban J connectivity index is 1.59. The van der Waals surface area contributed by atoms with Gasteiger partial charge in [0.05, 0.1) is 17.1 Å². The molecular formula is C21H22ClFN4O3. The molecule has 1 aromatic heterocycles. The molecule has 7 nitrogen and oxygen atoms in total. The van der Waals surface area contributed by atoms with Crippen molar-refractivity contribution in [2.24, 2.45) is 0 Å².